The lowest BCUT2D eigenvalue weighted by atomic mass is 10.0. The fraction of sp³-hybridized carbons (Fsp3) is 0.515. The van der Waals surface area contributed by atoms with Crippen molar-refractivity contribution in [1.82, 2.24) is 0 Å². The molecule has 1 heterocycles. The molecule has 224 valence electrons. The molecule has 41 heavy (non-hydrogen) atoms. The van der Waals surface area contributed by atoms with E-state index in [1.807, 2.05) is 69.3 Å². The normalized spacial score (nSPS) is 16.9. The number of unbranched alkanes of at least 4 members (excludes halogenated alkanes) is 3. The zero-order valence-electron chi connectivity index (χ0n) is 24.6. The van der Waals surface area contributed by atoms with Crippen molar-refractivity contribution in [2.75, 3.05) is 33.0 Å². The molecule has 0 saturated carbocycles. The molecule has 2 aromatic carbocycles. The Morgan fingerprint density at radius 1 is 0.732 bits per heavy atom. The van der Waals surface area contributed by atoms with Crippen molar-refractivity contribution >= 4 is 11.9 Å². The maximum Gasteiger partial charge on any atom is 0.338 e. The second kappa shape index (κ2) is 17.6. The summed E-state index contributed by atoms with van der Waals surface area (Å²) in [6.45, 7) is 12.2. The zero-order valence-corrected chi connectivity index (χ0v) is 24.6. The third-order valence-corrected chi connectivity index (χ3v) is 6.35. The molecule has 2 aromatic rings. The molecule has 8 nitrogen and oxygen atoms in total. The minimum absolute atomic E-state index is 0.241. The van der Waals surface area contributed by atoms with Crippen LogP contribution in [-0.4, -0.2) is 57.2 Å². The van der Waals surface area contributed by atoms with Crippen LogP contribution in [0.2, 0.25) is 0 Å². The number of hydrogen-bond donors (Lipinski definition) is 0. The van der Waals surface area contributed by atoms with E-state index in [1.165, 1.54) is 0 Å². The summed E-state index contributed by atoms with van der Waals surface area (Å²) in [4.78, 5) is 25.1. The Bertz CT molecular complexity index is 1050. The fourth-order valence-electron chi connectivity index (χ4n) is 4.20. The first kappa shape index (κ1) is 32.3. The lowest BCUT2D eigenvalue weighted by Gasteiger charge is -2.14. The van der Waals surface area contributed by atoms with Gasteiger partial charge in [0.2, 0.25) is 0 Å². The minimum Gasteiger partial charge on any atom is -0.494 e. The average molecular weight is 569 g/mol. The van der Waals surface area contributed by atoms with Gasteiger partial charge in [-0.05, 0) is 62.3 Å². The van der Waals surface area contributed by atoms with Crippen LogP contribution < -0.4 is 4.74 Å². The van der Waals surface area contributed by atoms with Crippen LogP contribution in [-0.2, 0) is 33.3 Å². The van der Waals surface area contributed by atoms with E-state index in [2.05, 4.69) is 6.58 Å². The number of benzene rings is 2. The first-order chi connectivity index (χ1) is 19.9. The van der Waals surface area contributed by atoms with Crippen molar-refractivity contribution < 1.29 is 38.0 Å². The summed E-state index contributed by atoms with van der Waals surface area (Å²) in [5.74, 6) is -0.420. The second-order valence-electron chi connectivity index (χ2n) is 10.2. The van der Waals surface area contributed by atoms with Crippen molar-refractivity contribution in [3.63, 3.8) is 0 Å². The number of esters is 2. The highest BCUT2D eigenvalue weighted by atomic mass is 16.8. The monoisotopic (exact) mass is 568 g/mol. The molecule has 0 aliphatic carbocycles. The van der Waals surface area contributed by atoms with Crippen LogP contribution in [0.15, 0.2) is 60.7 Å². The maximum atomic E-state index is 12.5. The Morgan fingerprint density at radius 3 is 1.76 bits per heavy atom. The van der Waals surface area contributed by atoms with Gasteiger partial charge in [0.25, 0.3) is 0 Å². The third-order valence-electron chi connectivity index (χ3n) is 6.35. The number of carbonyl (C=O) groups is 2. The molecule has 0 bridgehead atoms. The molecule has 8 heteroatoms. The van der Waals surface area contributed by atoms with Crippen molar-refractivity contribution in [3.05, 3.63) is 66.2 Å². The predicted octanol–water partition coefficient (Wildman–Crippen LogP) is 6.57. The molecule has 3 rings (SSSR count). The van der Waals surface area contributed by atoms with Crippen LogP contribution in [0.4, 0.5) is 0 Å². The second-order valence-corrected chi connectivity index (χ2v) is 10.2. The van der Waals surface area contributed by atoms with E-state index in [0.29, 0.717) is 31.6 Å². The Kier molecular flexibility index (Phi) is 13.9. The molecule has 0 spiro atoms. The van der Waals surface area contributed by atoms with Gasteiger partial charge in [-0.25, -0.2) is 9.59 Å². The average Bonchev–Trinajstić information content (AvgIpc) is 3.44. The summed E-state index contributed by atoms with van der Waals surface area (Å²) >= 11 is 0. The number of hydrogen-bond acceptors (Lipinski definition) is 8. The molecule has 1 aliphatic heterocycles. The molecular weight excluding hydrogens is 524 g/mol. The van der Waals surface area contributed by atoms with Crippen LogP contribution in [0.5, 0.6) is 5.75 Å². The molecule has 0 aromatic heterocycles. The molecule has 0 N–H and O–H groups in total. The predicted molar refractivity (Wildman–Crippen MR) is 156 cm³/mol. The van der Waals surface area contributed by atoms with Crippen LogP contribution in [0, 0.1) is 0 Å². The van der Waals surface area contributed by atoms with E-state index >= 15 is 0 Å². The van der Waals surface area contributed by atoms with Gasteiger partial charge in [0.05, 0.1) is 26.4 Å². The lowest BCUT2D eigenvalue weighted by molar-refractivity contribution is -0.163. The summed E-state index contributed by atoms with van der Waals surface area (Å²) < 4.78 is 33.6. The molecule has 2 atom stereocenters. The van der Waals surface area contributed by atoms with Crippen molar-refractivity contribution in [2.45, 2.75) is 77.8 Å². The van der Waals surface area contributed by atoms with E-state index in [9.17, 15) is 9.59 Å². The van der Waals surface area contributed by atoms with Gasteiger partial charge in [-0.15, -0.1) is 0 Å². The summed E-state index contributed by atoms with van der Waals surface area (Å²) in [5.41, 5.74) is 3.78. The Labute approximate surface area is 243 Å². The molecule has 0 unspecified atom stereocenters. The van der Waals surface area contributed by atoms with Crippen LogP contribution in [0.1, 0.15) is 71.1 Å². The van der Waals surface area contributed by atoms with Crippen molar-refractivity contribution in [3.8, 4) is 16.9 Å². The fourth-order valence-corrected chi connectivity index (χ4v) is 4.20. The number of rotatable bonds is 18. The Balaban J connectivity index is 1.49. The van der Waals surface area contributed by atoms with Gasteiger partial charge in [0, 0.05) is 12.2 Å². The smallest absolute Gasteiger partial charge is 0.338 e. The van der Waals surface area contributed by atoms with E-state index in [-0.39, 0.29) is 13.2 Å². The van der Waals surface area contributed by atoms with Crippen LogP contribution in [0.3, 0.4) is 0 Å². The molecule has 1 aliphatic rings. The highest BCUT2D eigenvalue weighted by Crippen LogP contribution is 2.34. The first-order valence-electron chi connectivity index (χ1n) is 14.6. The number of carbonyl (C=O) groups excluding carboxylic acids is 2. The molecule has 1 saturated heterocycles. The molecule has 0 amide bonds. The standard InChI is InChI=1S/C33H44O8/c1-5-19-38-31(34)29-30(32(35)39-20-6-2)41-33(40-29)27-13-11-25(12-14-27)26-15-17-28(18-16-26)37-22-10-8-7-9-21-36-23-24(3)4/h11-18,29-30,33H,3,5-10,19-23H2,1-2,4H3/t29-,30-/m1/s1. The first-order valence-corrected chi connectivity index (χ1v) is 14.6. The van der Waals surface area contributed by atoms with Crippen molar-refractivity contribution in [1.29, 1.82) is 0 Å². The summed E-state index contributed by atoms with van der Waals surface area (Å²) in [6.07, 6.45) is 2.37. The molecular formula is C33H44O8. The van der Waals surface area contributed by atoms with E-state index in [4.69, 9.17) is 28.4 Å². The highest BCUT2D eigenvalue weighted by molar-refractivity contribution is 5.86. The quantitative estimate of drug-likeness (QED) is 0.113. The van der Waals surface area contributed by atoms with Crippen molar-refractivity contribution in [2.24, 2.45) is 0 Å². The SMILES string of the molecule is C=C(C)COCCCCCCOc1ccc(-c2ccc(C3O[C@@H](C(=O)OCCC)[C@H](C(=O)OCCC)O3)cc2)cc1. The molecule has 0 radical (unpaired) electrons. The zero-order chi connectivity index (χ0) is 29.5. The van der Waals surface area contributed by atoms with E-state index < -0.39 is 30.4 Å². The third kappa shape index (κ3) is 10.6. The van der Waals surface area contributed by atoms with E-state index in [0.717, 1.165) is 54.7 Å². The van der Waals surface area contributed by atoms with Crippen LogP contribution in [0.25, 0.3) is 11.1 Å². The van der Waals surface area contributed by atoms with E-state index in [1.54, 1.807) is 0 Å². The maximum absolute atomic E-state index is 12.5. The van der Waals surface area contributed by atoms with Gasteiger partial charge in [-0.1, -0.05) is 68.8 Å². The highest BCUT2D eigenvalue weighted by Gasteiger charge is 2.47. The Hall–Kier alpha value is -3.20. The summed E-state index contributed by atoms with van der Waals surface area (Å²) in [6, 6.07) is 15.6. The van der Waals surface area contributed by atoms with Gasteiger partial charge in [0.15, 0.2) is 18.5 Å². The molecule has 1 fully saturated rings. The van der Waals surface area contributed by atoms with Gasteiger partial charge in [0.1, 0.15) is 5.75 Å². The van der Waals surface area contributed by atoms with Gasteiger partial charge in [-0.3, -0.25) is 0 Å². The topological polar surface area (TPSA) is 89.5 Å². The van der Waals surface area contributed by atoms with Gasteiger partial charge < -0.3 is 28.4 Å². The van der Waals surface area contributed by atoms with Gasteiger partial charge >= 0.3 is 11.9 Å². The summed E-state index contributed by atoms with van der Waals surface area (Å²) in [5, 5.41) is 0. The lowest BCUT2D eigenvalue weighted by Crippen LogP contribution is -2.39. The van der Waals surface area contributed by atoms with Gasteiger partial charge in [-0.2, -0.15) is 0 Å². The largest absolute Gasteiger partial charge is 0.494 e. The van der Waals surface area contributed by atoms with Crippen LogP contribution >= 0.6 is 0 Å². The summed E-state index contributed by atoms with van der Waals surface area (Å²) in [7, 11) is 0. The number of ether oxygens (including phenoxy) is 6. The Morgan fingerprint density at radius 2 is 1.24 bits per heavy atom. The minimum atomic E-state index is -1.18.